The highest BCUT2D eigenvalue weighted by atomic mass is 16.5. The van der Waals surface area contributed by atoms with Crippen LogP contribution in [0.25, 0.3) is 11.6 Å². The molecule has 2 heterocycles. The number of nitrogen functional groups attached to an aromatic ring is 1. The topological polar surface area (TPSA) is 90.7 Å². The first-order valence-corrected chi connectivity index (χ1v) is 6.17. The van der Waals surface area contributed by atoms with Gasteiger partial charge in [-0.05, 0) is 12.5 Å². The Kier molecular flexibility index (Phi) is 3.12. The van der Waals surface area contributed by atoms with Crippen LogP contribution in [0.3, 0.4) is 0 Å². The van der Waals surface area contributed by atoms with Crippen molar-refractivity contribution in [2.75, 3.05) is 5.73 Å². The van der Waals surface area contributed by atoms with Gasteiger partial charge in [0.2, 0.25) is 0 Å². The van der Waals surface area contributed by atoms with Gasteiger partial charge >= 0.3 is 0 Å². The number of aryl methyl sites for hydroxylation is 1. The molecule has 100 valence electrons. The smallest absolute Gasteiger partial charge is 0.280 e. The molecule has 0 aliphatic rings. The van der Waals surface area contributed by atoms with Crippen molar-refractivity contribution in [2.45, 2.75) is 13.3 Å². The maximum Gasteiger partial charge on any atom is 0.280 e. The highest BCUT2D eigenvalue weighted by Gasteiger charge is 2.13. The predicted octanol–water partition coefficient (Wildman–Crippen LogP) is 2.01. The maximum absolute atomic E-state index is 5.73. The van der Waals surface area contributed by atoms with E-state index in [4.69, 9.17) is 10.3 Å². The molecule has 0 spiro atoms. The van der Waals surface area contributed by atoms with E-state index in [2.05, 4.69) is 32.2 Å². The molecule has 0 amide bonds. The maximum atomic E-state index is 5.73. The molecular formula is C14H13N5O. The second kappa shape index (κ2) is 5.08. The van der Waals surface area contributed by atoms with Crippen LogP contribution in [0, 0.1) is 6.92 Å². The monoisotopic (exact) mass is 267 g/mol. The Morgan fingerprint density at radius 2 is 1.85 bits per heavy atom. The van der Waals surface area contributed by atoms with Gasteiger partial charge < -0.3 is 10.3 Å². The average Bonchev–Trinajstić information content (AvgIpc) is 2.90. The average molecular weight is 267 g/mol. The Balaban J connectivity index is 1.84. The van der Waals surface area contributed by atoms with E-state index in [1.807, 2.05) is 19.1 Å². The quantitative estimate of drug-likeness (QED) is 0.780. The summed E-state index contributed by atoms with van der Waals surface area (Å²) in [6, 6.07) is 8.19. The Bertz CT molecular complexity index is 720. The van der Waals surface area contributed by atoms with Crippen LogP contribution in [0.15, 0.2) is 41.2 Å². The van der Waals surface area contributed by atoms with Crippen LogP contribution in [0.1, 0.15) is 17.0 Å². The zero-order valence-corrected chi connectivity index (χ0v) is 10.9. The summed E-state index contributed by atoms with van der Waals surface area (Å²) in [6.07, 6.45) is 3.65. The molecular weight excluding hydrogens is 254 g/mol. The van der Waals surface area contributed by atoms with Gasteiger partial charge in [0.05, 0.1) is 0 Å². The van der Waals surface area contributed by atoms with E-state index in [1.165, 1.54) is 18.0 Å². The first kappa shape index (κ1) is 12.3. The molecule has 0 saturated heterocycles. The van der Waals surface area contributed by atoms with Crippen molar-refractivity contribution in [1.82, 2.24) is 20.1 Å². The molecule has 2 aromatic heterocycles. The third-order valence-electron chi connectivity index (χ3n) is 2.88. The molecule has 3 aromatic rings. The van der Waals surface area contributed by atoms with E-state index >= 15 is 0 Å². The van der Waals surface area contributed by atoms with Crippen LogP contribution in [-0.2, 0) is 6.42 Å². The van der Waals surface area contributed by atoms with Crippen LogP contribution in [0.4, 0.5) is 5.82 Å². The number of benzene rings is 1. The zero-order chi connectivity index (χ0) is 13.9. The molecule has 0 aliphatic heterocycles. The van der Waals surface area contributed by atoms with Gasteiger partial charge in [0, 0.05) is 18.8 Å². The SMILES string of the molecule is Cc1ccc(Cc2noc(-c3nccnc3N)n2)cc1. The van der Waals surface area contributed by atoms with Crippen molar-refractivity contribution in [3.05, 3.63) is 53.6 Å². The molecule has 0 atom stereocenters. The summed E-state index contributed by atoms with van der Waals surface area (Å²) in [6.45, 7) is 2.05. The van der Waals surface area contributed by atoms with Crippen LogP contribution in [-0.4, -0.2) is 20.1 Å². The largest absolute Gasteiger partial charge is 0.382 e. The highest BCUT2D eigenvalue weighted by Crippen LogP contribution is 2.19. The van der Waals surface area contributed by atoms with Crippen LogP contribution in [0.2, 0.25) is 0 Å². The van der Waals surface area contributed by atoms with E-state index in [0.717, 1.165) is 5.56 Å². The molecule has 0 fully saturated rings. The summed E-state index contributed by atoms with van der Waals surface area (Å²) in [5.74, 6) is 1.16. The highest BCUT2D eigenvalue weighted by molar-refractivity contribution is 5.61. The van der Waals surface area contributed by atoms with Crippen LogP contribution >= 0.6 is 0 Å². The minimum absolute atomic E-state index is 0.276. The number of anilines is 1. The van der Waals surface area contributed by atoms with Gasteiger partial charge in [-0.15, -0.1) is 0 Å². The summed E-state index contributed by atoms with van der Waals surface area (Å²) in [4.78, 5) is 12.3. The lowest BCUT2D eigenvalue weighted by Crippen LogP contribution is -1.96. The van der Waals surface area contributed by atoms with Crippen molar-refractivity contribution in [1.29, 1.82) is 0 Å². The zero-order valence-electron chi connectivity index (χ0n) is 10.9. The summed E-state index contributed by atoms with van der Waals surface area (Å²) in [5.41, 5.74) is 8.48. The van der Waals surface area contributed by atoms with Crippen LogP contribution in [0.5, 0.6) is 0 Å². The Morgan fingerprint density at radius 3 is 2.60 bits per heavy atom. The van der Waals surface area contributed by atoms with Crippen molar-refractivity contribution in [2.24, 2.45) is 0 Å². The lowest BCUT2D eigenvalue weighted by atomic mass is 10.1. The van der Waals surface area contributed by atoms with Gasteiger partial charge in [-0.25, -0.2) is 9.97 Å². The number of aromatic nitrogens is 4. The number of hydrogen-bond acceptors (Lipinski definition) is 6. The minimum atomic E-state index is 0.276. The molecule has 20 heavy (non-hydrogen) atoms. The number of rotatable bonds is 3. The van der Waals surface area contributed by atoms with Gasteiger partial charge in [0.15, 0.2) is 17.3 Å². The molecule has 0 unspecified atom stereocenters. The third kappa shape index (κ3) is 2.49. The van der Waals surface area contributed by atoms with Crippen molar-refractivity contribution in [3.63, 3.8) is 0 Å². The summed E-state index contributed by atoms with van der Waals surface area (Å²) in [7, 11) is 0. The second-order valence-corrected chi connectivity index (χ2v) is 4.47. The predicted molar refractivity (Wildman–Crippen MR) is 73.7 cm³/mol. The van der Waals surface area contributed by atoms with E-state index in [1.54, 1.807) is 0 Å². The fourth-order valence-corrected chi connectivity index (χ4v) is 1.82. The molecule has 0 radical (unpaired) electrons. The Hall–Kier alpha value is -2.76. The summed E-state index contributed by atoms with van der Waals surface area (Å²) < 4.78 is 5.18. The second-order valence-electron chi connectivity index (χ2n) is 4.47. The minimum Gasteiger partial charge on any atom is -0.382 e. The molecule has 0 aliphatic carbocycles. The molecule has 2 N–H and O–H groups in total. The van der Waals surface area contributed by atoms with Gasteiger partial charge in [0.1, 0.15) is 0 Å². The lowest BCUT2D eigenvalue weighted by Gasteiger charge is -1.97. The number of nitrogens with zero attached hydrogens (tertiary/aromatic N) is 4. The normalized spacial score (nSPS) is 10.7. The molecule has 1 aromatic carbocycles. The van der Waals surface area contributed by atoms with Gasteiger partial charge in [-0.3, -0.25) is 0 Å². The fourth-order valence-electron chi connectivity index (χ4n) is 1.82. The Morgan fingerprint density at radius 1 is 1.10 bits per heavy atom. The standard InChI is InChI=1S/C14H13N5O/c1-9-2-4-10(5-3-9)8-11-18-14(20-19-11)12-13(15)17-7-6-16-12/h2-7H,8H2,1H3,(H2,15,17). The molecule has 6 nitrogen and oxygen atoms in total. The summed E-state index contributed by atoms with van der Waals surface area (Å²) in [5, 5.41) is 3.94. The van der Waals surface area contributed by atoms with Crippen molar-refractivity contribution >= 4 is 5.82 Å². The first-order chi connectivity index (χ1) is 9.72. The number of hydrogen-bond donors (Lipinski definition) is 1. The van der Waals surface area contributed by atoms with E-state index in [0.29, 0.717) is 17.9 Å². The third-order valence-corrected chi connectivity index (χ3v) is 2.88. The van der Waals surface area contributed by atoms with Crippen molar-refractivity contribution < 1.29 is 4.52 Å². The molecule has 6 heteroatoms. The summed E-state index contributed by atoms with van der Waals surface area (Å²) >= 11 is 0. The van der Waals surface area contributed by atoms with Gasteiger partial charge in [0.25, 0.3) is 5.89 Å². The number of nitrogens with two attached hydrogens (primary N) is 1. The van der Waals surface area contributed by atoms with E-state index < -0.39 is 0 Å². The van der Waals surface area contributed by atoms with Gasteiger partial charge in [-0.1, -0.05) is 35.0 Å². The lowest BCUT2D eigenvalue weighted by molar-refractivity contribution is 0.422. The Labute approximate surface area is 115 Å². The molecule has 0 saturated carbocycles. The van der Waals surface area contributed by atoms with E-state index in [-0.39, 0.29) is 11.7 Å². The molecule has 0 bridgehead atoms. The molecule has 3 rings (SSSR count). The first-order valence-electron chi connectivity index (χ1n) is 6.17. The van der Waals surface area contributed by atoms with Crippen LogP contribution < -0.4 is 5.73 Å². The van der Waals surface area contributed by atoms with E-state index in [9.17, 15) is 0 Å². The fraction of sp³-hybridized carbons (Fsp3) is 0.143. The van der Waals surface area contributed by atoms with Crippen molar-refractivity contribution in [3.8, 4) is 11.6 Å². The van der Waals surface area contributed by atoms with Gasteiger partial charge in [-0.2, -0.15) is 4.98 Å².